The summed E-state index contributed by atoms with van der Waals surface area (Å²) in [5, 5.41) is 12.1. The van der Waals surface area contributed by atoms with E-state index in [0.29, 0.717) is 6.04 Å². The summed E-state index contributed by atoms with van der Waals surface area (Å²) in [4.78, 5) is 17.1. The summed E-state index contributed by atoms with van der Waals surface area (Å²) in [6.07, 6.45) is 5.50. The number of pyridine rings is 1. The molecule has 1 aliphatic rings. The van der Waals surface area contributed by atoms with Crippen LogP contribution in [0.25, 0.3) is 0 Å². The summed E-state index contributed by atoms with van der Waals surface area (Å²) < 4.78 is 0. The van der Waals surface area contributed by atoms with Crippen LogP contribution in [0.15, 0.2) is 18.3 Å². The summed E-state index contributed by atoms with van der Waals surface area (Å²) in [5.74, 6) is -0.992. The Labute approximate surface area is 113 Å². The van der Waals surface area contributed by atoms with E-state index in [2.05, 4.69) is 22.1 Å². The quantitative estimate of drug-likeness (QED) is 0.851. The van der Waals surface area contributed by atoms with Gasteiger partial charge >= 0.3 is 5.97 Å². The van der Waals surface area contributed by atoms with Crippen LogP contribution < -0.4 is 5.32 Å². The minimum atomic E-state index is -0.992. The maximum atomic E-state index is 10.7. The lowest BCUT2D eigenvalue weighted by molar-refractivity contribution is 0.0690. The van der Waals surface area contributed by atoms with Crippen molar-refractivity contribution in [2.75, 3.05) is 25.0 Å². The molecule has 0 amide bonds. The molecule has 0 spiro atoms. The molecule has 1 unspecified atom stereocenters. The predicted molar refractivity (Wildman–Crippen MR) is 74.6 cm³/mol. The normalized spacial score (nSPS) is 17.9. The second kappa shape index (κ2) is 6.52. The molecule has 1 atom stereocenters. The van der Waals surface area contributed by atoms with Crippen LogP contribution in [0.3, 0.4) is 0 Å². The molecule has 1 aliphatic heterocycles. The summed E-state index contributed by atoms with van der Waals surface area (Å²) in [7, 11) is 0. The van der Waals surface area contributed by atoms with Crippen molar-refractivity contribution in [3.63, 3.8) is 0 Å². The van der Waals surface area contributed by atoms with Crippen LogP contribution in [-0.4, -0.2) is 46.6 Å². The van der Waals surface area contributed by atoms with Crippen molar-refractivity contribution in [3.8, 4) is 0 Å². The van der Waals surface area contributed by atoms with Gasteiger partial charge < -0.3 is 10.4 Å². The van der Waals surface area contributed by atoms with Gasteiger partial charge in [-0.1, -0.05) is 6.42 Å². The lowest BCUT2D eigenvalue weighted by atomic mass is 10.1. The zero-order valence-electron chi connectivity index (χ0n) is 11.3. The number of likely N-dealkylation sites (tertiary alicyclic amines) is 1. The van der Waals surface area contributed by atoms with Gasteiger partial charge in [0.1, 0.15) is 5.69 Å². The summed E-state index contributed by atoms with van der Waals surface area (Å²) in [6, 6.07) is 3.77. The first kappa shape index (κ1) is 13.8. The largest absolute Gasteiger partial charge is 0.477 e. The van der Waals surface area contributed by atoms with Crippen LogP contribution in [0.4, 0.5) is 5.69 Å². The molecule has 19 heavy (non-hydrogen) atoms. The third kappa shape index (κ3) is 3.92. The molecule has 104 valence electrons. The highest BCUT2D eigenvalue weighted by Crippen LogP contribution is 2.13. The van der Waals surface area contributed by atoms with Gasteiger partial charge in [0.05, 0.1) is 11.9 Å². The van der Waals surface area contributed by atoms with Crippen molar-refractivity contribution >= 4 is 11.7 Å². The van der Waals surface area contributed by atoms with Crippen LogP contribution >= 0.6 is 0 Å². The van der Waals surface area contributed by atoms with E-state index in [1.54, 1.807) is 12.3 Å². The minimum absolute atomic E-state index is 0.0784. The molecule has 0 aromatic carbocycles. The highest BCUT2D eigenvalue weighted by Gasteiger charge is 2.16. The number of piperidine rings is 1. The van der Waals surface area contributed by atoms with Crippen LogP contribution in [0.1, 0.15) is 36.7 Å². The lowest BCUT2D eigenvalue weighted by Crippen LogP contribution is -2.41. The second-order valence-corrected chi connectivity index (χ2v) is 5.06. The molecule has 1 aromatic rings. The fourth-order valence-corrected chi connectivity index (χ4v) is 2.38. The number of aromatic nitrogens is 1. The van der Waals surface area contributed by atoms with Gasteiger partial charge in [-0.25, -0.2) is 9.78 Å². The van der Waals surface area contributed by atoms with Crippen molar-refractivity contribution in [3.05, 3.63) is 24.0 Å². The van der Waals surface area contributed by atoms with E-state index < -0.39 is 5.97 Å². The molecule has 0 saturated carbocycles. The number of carboxylic acid groups (broad SMARTS) is 1. The van der Waals surface area contributed by atoms with Gasteiger partial charge in [0, 0.05) is 12.6 Å². The molecular weight excluding hydrogens is 242 g/mol. The number of carboxylic acids is 1. The number of nitrogens with zero attached hydrogens (tertiary/aromatic N) is 2. The number of anilines is 1. The van der Waals surface area contributed by atoms with E-state index in [-0.39, 0.29) is 5.69 Å². The highest BCUT2D eigenvalue weighted by molar-refractivity contribution is 5.85. The Morgan fingerprint density at radius 2 is 2.16 bits per heavy atom. The third-order valence-corrected chi connectivity index (χ3v) is 3.60. The average Bonchev–Trinajstić information content (AvgIpc) is 2.46. The number of carbonyl (C=O) groups is 1. The van der Waals surface area contributed by atoms with Crippen molar-refractivity contribution in [2.24, 2.45) is 0 Å². The van der Waals surface area contributed by atoms with Crippen molar-refractivity contribution in [2.45, 2.75) is 32.2 Å². The Morgan fingerprint density at radius 3 is 2.74 bits per heavy atom. The number of hydrogen-bond acceptors (Lipinski definition) is 4. The molecule has 1 aromatic heterocycles. The minimum Gasteiger partial charge on any atom is -0.477 e. The van der Waals surface area contributed by atoms with E-state index in [0.717, 1.165) is 12.2 Å². The molecule has 5 nitrogen and oxygen atoms in total. The summed E-state index contributed by atoms with van der Waals surface area (Å²) in [6.45, 7) is 5.43. The Kier molecular flexibility index (Phi) is 4.74. The molecule has 2 N–H and O–H groups in total. The summed E-state index contributed by atoms with van der Waals surface area (Å²) in [5.41, 5.74) is 0.948. The van der Waals surface area contributed by atoms with Gasteiger partial charge in [0.25, 0.3) is 0 Å². The number of hydrogen-bond donors (Lipinski definition) is 2. The monoisotopic (exact) mass is 263 g/mol. The third-order valence-electron chi connectivity index (χ3n) is 3.60. The van der Waals surface area contributed by atoms with Gasteiger partial charge in [-0.3, -0.25) is 4.90 Å². The zero-order valence-corrected chi connectivity index (χ0v) is 11.3. The molecule has 2 rings (SSSR count). The second-order valence-electron chi connectivity index (χ2n) is 5.06. The standard InChI is InChI=1S/C14H21N3O2/c1-11(17-7-3-2-4-8-17)9-15-12-5-6-13(14(18)19)16-10-12/h5-6,10-11,15H,2-4,7-9H2,1H3,(H,18,19). The fourth-order valence-electron chi connectivity index (χ4n) is 2.38. The Morgan fingerprint density at radius 1 is 1.42 bits per heavy atom. The number of rotatable bonds is 5. The van der Waals surface area contributed by atoms with Crippen molar-refractivity contribution in [1.29, 1.82) is 0 Å². The molecule has 1 saturated heterocycles. The van der Waals surface area contributed by atoms with Crippen molar-refractivity contribution in [1.82, 2.24) is 9.88 Å². The van der Waals surface area contributed by atoms with E-state index in [9.17, 15) is 4.79 Å². The highest BCUT2D eigenvalue weighted by atomic mass is 16.4. The first-order valence-electron chi connectivity index (χ1n) is 6.84. The molecule has 0 aliphatic carbocycles. The van der Waals surface area contributed by atoms with Gasteiger partial charge in [0.2, 0.25) is 0 Å². The van der Waals surface area contributed by atoms with E-state index in [1.165, 1.54) is 38.4 Å². The maximum Gasteiger partial charge on any atom is 0.354 e. The lowest BCUT2D eigenvalue weighted by Gasteiger charge is -2.32. The fraction of sp³-hybridized carbons (Fsp3) is 0.571. The van der Waals surface area contributed by atoms with Crippen LogP contribution in [-0.2, 0) is 0 Å². The first-order valence-corrected chi connectivity index (χ1v) is 6.84. The van der Waals surface area contributed by atoms with Crippen molar-refractivity contribution < 1.29 is 9.90 Å². The smallest absolute Gasteiger partial charge is 0.354 e. The molecule has 0 bridgehead atoms. The average molecular weight is 263 g/mol. The van der Waals surface area contributed by atoms with Crippen LogP contribution in [0.2, 0.25) is 0 Å². The predicted octanol–water partition coefficient (Wildman–Crippen LogP) is 2.07. The van der Waals surface area contributed by atoms with Gasteiger partial charge in [-0.2, -0.15) is 0 Å². The summed E-state index contributed by atoms with van der Waals surface area (Å²) >= 11 is 0. The van der Waals surface area contributed by atoms with Crippen LogP contribution in [0.5, 0.6) is 0 Å². The molecule has 5 heteroatoms. The van der Waals surface area contributed by atoms with Gasteiger partial charge in [-0.05, 0) is 45.0 Å². The Balaban J connectivity index is 1.82. The first-order chi connectivity index (χ1) is 9.16. The Bertz CT molecular complexity index is 413. The van der Waals surface area contributed by atoms with Crippen LogP contribution in [0, 0.1) is 0 Å². The van der Waals surface area contributed by atoms with E-state index in [1.807, 2.05) is 0 Å². The molecule has 0 radical (unpaired) electrons. The SMILES string of the molecule is CC(CNc1ccc(C(=O)O)nc1)N1CCCCC1. The Hall–Kier alpha value is -1.62. The molecule has 2 heterocycles. The van der Waals surface area contributed by atoms with E-state index >= 15 is 0 Å². The number of aromatic carboxylic acids is 1. The van der Waals surface area contributed by atoms with E-state index in [4.69, 9.17) is 5.11 Å². The zero-order chi connectivity index (χ0) is 13.7. The molecule has 1 fully saturated rings. The number of nitrogens with one attached hydrogen (secondary N) is 1. The van der Waals surface area contributed by atoms with Gasteiger partial charge in [-0.15, -0.1) is 0 Å². The molecular formula is C14H21N3O2. The van der Waals surface area contributed by atoms with Gasteiger partial charge in [0.15, 0.2) is 0 Å². The topological polar surface area (TPSA) is 65.5 Å². The maximum absolute atomic E-state index is 10.7.